The predicted molar refractivity (Wildman–Crippen MR) is 110 cm³/mol. The van der Waals surface area contributed by atoms with Crippen LogP contribution in [0.2, 0.25) is 0 Å². The Balaban J connectivity index is 1.50. The van der Waals surface area contributed by atoms with Crippen LogP contribution in [0.1, 0.15) is 22.8 Å². The summed E-state index contributed by atoms with van der Waals surface area (Å²) in [6.07, 6.45) is 0. The molecular weight excluding hydrogens is 373 g/mol. The van der Waals surface area contributed by atoms with E-state index in [4.69, 9.17) is 4.74 Å². The van der Waals surface area contributed by atoms with E-state index in [1.54, 1.807) is 32.2 Å². The summed E-state index contributed by atoms with van der Waals surface area (Å²) < 4.78 is 18.4. The third kappa shape index (κ3) is 5.85. The highest BCUT2D eigenvalue weighted by atomic mass is 19.1. The minimum Gasteiger partial charge on any atom is -0.496 e. The number of amides is 1. The summed E-state index contributed by atoms with van der Waals surface area (Å²) in [7, 11) is 1.63. The molecule has 7 heteroatoms. The average molecular weight is 399 g/mol. The zero-order chi connectivity index (χ0) is 20.8. The van der Waals surface area contributed by atoms with Crippen molar-refractivity contribution in [3.63, 3.8) is 0 Å². The molecule has 1 N–H and O–H groups in total. The SMILES string of the molecule is COc1ccc(C(C)=O)cc1CN1CCN(CC(=O)Nc2ccc(F)cc2)CC1. The lowest BCUT2D eigenvalue weighted by atomic mass is 10.1. The normalized spacial score (nSPS) is 15.1. The fourth-order valence-corrected chi connectivity index (χ4v) is 3.40. The number of hydrogen-bond acceptors (Lipinski definition) is 5. The van der Waals surface area contributed by atoms with Crippen molar-refractivity contribution in [2.45, 2.75) is 13.5 Å². The molecule has 0 radical (unpaired) electrons. The number of rotatable bonds is 7. The Morgan fingerprint density at radius 1 is 1.03 bits per heavy atom. The molecule has 29 heavy (non-hydrogen) atoms. The van der Waals surface area contributed by atoms with Gasteiger partial charge in [-0.1, -0.05) is 0 Å². The topological polar surface area (TPSA) is 61.9 Å². The number of piperazine rings is 1. The molecule has 0 bridgehead atoms. The van der Waals surface area contributed by atoms with Crippen molar-refractivity contribution in [3.05, 3.63) is 59.4 Å². The van der Waals surface area contributed by atoms with Crippen LogP contribution in [-0.4, -0.2) is 61.3 Å². The van der Waals surface area contributed by atoms with Crippen molar-refractivity contribution in [1.82, 2.24) is 9.80 Å². The van der Waals surface area contributed by atoms with Crippen molar-refractivity contribution in [2.75, 3.05) is 45.2 Å². The average Bonchev–Trinajstić information content (AvgIpc) is 2.71. The molecule has 0 saturated carbocycles. The minimum atomic E-state index is -0.329. The van der Waals surface area contributed by atoms with Crippen LogP contribution in [0.15, 0.2) is 42.5 Å². The number of benzene rings is 2. The Bertz CT molecular complexity index is 862. The van der Waals surface area contributed by atoms with Gasteiger partial charge in [-0.05, 0) is 49.4 Å². The van der Waals surface area contributed by atoms with Gasteiger partial charge in [0.25, 0.3) is 0 Å². The first-order chi connectivity index (χ1) is 13.9. The maximum Gasteiger partial charge on any atom is 0.238 e. The van der Waals surface area contributed by atoms with E-state index in [1.807, 2.05) is 12.1 Å². The van der Waals surface area contributed by atoms with Gasteiger partial charge in [0.2, 0.25) is 5.91 Å². The van der Waals surface area contributed by atoms with Gasteiger partial charge in [0.1, 0.15) is 11.6 Å². The first-order valence-electron chi connectivity index (χ1n) is 9.62. The molecule has 1 heterocycles. The first-order valence-corrected chi connectivity index (χ1v) is 9.62. The lowest BCUT2D eigenvalue weighted by Crippen LogP contribution is -2.48. The van der Waals surface area contributed by atoms with E-state index in [0.29, 0.717) is 24.3 Å². The highest BCUT2D eigenvalue weighted by molar-refractivity contribution is 5.94. The summed E-state index contributed by atoms with van der Waals surface area (Å²) in [4.78, 5) is 28.3. The zero-order valence-corrected chi connectivity index (χ0v) is 16.8. The summed E-state index contributed by atoms with van der Waals surface area (Å²) in [6.45, 7) is 5.72. The van der Waals surface area contributed by atoms with Crippen LogP contribution in [0.5, 0.6) is 5.75 Å². The van der Waals surface area contributed by atoms with E-state index >= 15 is 0 Å². The molecule has 1 fully saturated rings. The lowest BCUT2D eigenvalue weighted by Gasteiger charge is -2.34. The smallest absolute Gasteiger partial charge is 0.238 e. The van der Waals surface area contributed by atoms with Crippen molar-refractivity contribution < 1.29 is 18.7 Å². The van der Waals surface area contributed by atoms with Crippen LogP contribution in [0.25, 0.3) is 0 Å². The van der Waals surface area contributed by atoms with Gasteiger partial charge in [-0.2, -0.15) is 0 Å². The number of ether oxygens (including phenoxy) is 1. The third-order valence-electron chi connectivity index (χ3n) is 5.04. The van der Waals surface area contributed by atoms with Gasteiger partial charge in [0.15, 0.2) is 5.78 Å². The molecule has 1 aliphatic rings. The quantitative estimate of drug-likeness (QED) is 0.726. The summed E-state index contributed by atoms with van der Waals surface area (Å²) >= 11 is 0. The molecule has 0 spiro atoms. The minimum absolute atomic E-state index is 0.0332. The van der Waals surface area contributed by atoms with E-state index in [0.717, 1.165) is 37.5 Å². The van der Waals surface area contributed by atoms with E-state index < -0.39 is 0 Å². The molecule has 0 aliphatic carbocycles. The molecular formula is C22H26FN3O3. The molecule has 2 aromatic rings. The van der Waals surface area contributed by atoms with E-state index in [2.05, 4.69) is 15.1 Å². The molecule has 0 aromatic heterocycles. The van der Waals surface area contributed by atoms with Crippen LogP contribution in [-0.2, 0) is 11.3 Å². The van der Waals surface area contributed by atoms with Gasteiger partial charge in [-0.25, -0.2) is 4.39 Å². The number of ketones is 1. The number of Topliss-reactive ketones (excluding diaryl/α,β-unsaturated/α-hetero) is 1. The molecule has 3 rings (SSSR count). The predicted octanol–water partition coefficient (Wildman–Crippen LogP) is 2.79. The fourth-order valence-electron chi connectivity index (χ4n) is 3.40. The van der Waals surface area contributed by atoms with Crippen LogP contribution >= 0.6 is 0 Å². The van der Waals surface area contributed by atoms with Crippen LogP contribution in [0.4, 0.5) is 10.1 Å². The zero-order valence-electron chi connectivity index (χ0n) is 16.8. The van der Waals surface area contributed by atoms with Gasteiger partial charge >= 0.3 is 0 Å². The Hall–Kier alpha value is -2.77. The largest absolute Gasteiger partial charge is 0.496 e. The highest BCUT2D eigenvalue weighted by Crippen LogP contribution is 2.22. The van der Waals surface area contributed by atoms with Crippen LogP contribution in [0, 0.1) is 5.82 Å². The summed E-state index contributed by atoms with van der Waals surface area (Å²) in [6, 6.07) is 11.3. The van der Waals surface area contributed by atoms with Gasteiger partial charge in [0, 0.05) is 49.5 Å². The molecule has 2 aromatic carbocycles. The monoisotopic (exact) mass is 399 g/mol. The Morgan fingerprint density at radius 3 is 2.31 bits per heavy atom. The van der Waals surface area contributed by atoms with Crippen molar-refractivity contribution >= 4 is 17.4 Å². The van der Waals surface area contributed by atoms with Gasteiger partial charge in [-0.3, -0.25) is 19.4 Å². The second kappa shape index (κ2) is 9.62. The van der Waals surface area contributed by atoms with Gasteiger partial charge < -0.3 is 10.1 Å². The summed E-state index contributed by atoms with van der Waals surface area (Å²) in [5, 5.41) is 2.79. The maximum atomic E-state index is 12.9. The Morgan fingerprint density at radius 2 is 1.69 bits per heavy atom. The molecule has 1 amide bonds. The standard InChI is InChI=1S/C22H26FN3O3/c1-16(27)17-3-8-21(29-2)18(13-17)14-25-9-11-26(12-10-25)15-22(28)24-20-6-4-19(23)5-7-20/h3-8,13H,9-12,14-15H2,1-2H3,(H,24,28). The number of hydrogen-bond donors (Lipinski definition) is 1. The van der Waals surface area contributed by atoms with E-state index in [1.165, 1.54) is 12.1 Å². The number of carbonyl (C=O) groups excluding carboxylic acids is 2. The van der Waals surface area contributed by atoms with E-state index in [9.17, 15) is 14.0 Å². The number of anilines is 1. The molecule has 1 aliphatic heterocycles. The van der Waals surface area contributed by atoms with Gasteiger partial charge in [0.05, 0.1) is 13.7 Å². The van der Waals surface area contributed by atoms with Gasteiger partial charge in [-0.15, -0.1) is 0 Å². The number of halogens is 1. The van der Waals surface area contributed by atoms with Crippen LogP contribution in [0.3, 0.4) is 0 Å². The highest BCUT2D eigenvalue weighted by Gasteiger charge is 2.20. The van der Waals surface area contributed by atoms with Crippen molar-refractivity contribution in [2.24, 2.45) is 0 Å². The molecule has 0 unspecified atom stereocenters. The van der Waals surface area contributed by atoms with Crippen molar-refractivity contribution in [1.29, 1.82) is 0 Å². The Labute approximate surface area is 170 Å². The summed E-state index contributed by atoms with van der Waals surface area (Å²) in [5.74, 6) is 0.368. The van der Waals surface area contributed by atoms with Crippen LogP contribution < -0.4 is 10.1 Å². The number of carbonyl (C=O) groups is 2. The molecule has 1 saturated heterocycles. The first kappa shape index (κ1) is 21.0. The second-order valence-electron chi connectivity index (χ2n) is 7.19. The molecule has 154 valence electrons. The number of nitrogens with zero attached hydrogens (tertiary/aromatic N) is 2. The lowest BCUT2D eigenvalue weighted by molar-refractivity contribution is -0.117. The summed E-state index contributed by atoms with van der Waals surface area (Å²) in [5.41, 5.74) is 2.26. The number of methoxy groups -OCH3 is 1. The maximum absolute atomic E-state index is 12.9. The van der Waals surface area contributed by atoms with Crippen molar-refractivity contribution in [3.8, 4) is 5.75 Å². The molecule has 6 nitrogen and oxygen atoms in total. The van der Waals surface area contributed by atoms with E-state index in [-0.39, 0.29) is 17.5 Å². The second-order valence-corrected chi connectivity index (χ2v) is 7.19. The Kier molecular flexibility index (Phi) is 6.95. The third-order valence-corrected chi connectivity index (χ3v) is 5.04. The molecule has 0 atom stereocenters. The fraction of sp³-hybridized carbons (Fsp3) is 0.364. The number of nitrogens with one attached hydrogen (secondary N) is 1.